The molecule has 7 rings (SSSR count). The summed E-state index contributed by atoms with van der Waals surface area (Å²) in [4.78, 5) is 9.77. The Morgan fingerprint density at radius 3 is 2.36 bits per heavy atom. The smallest absolute Gasteiger partial charge is 0.227 e. The van der Waals surface area contributed by atoms with Gasteiger partial charge in [-0.15, -0.1) is 0 Å². The fraction of sp³-hybridized carbons (Fsp3) is 0.200. The lowest BCUT2D eigenvalue weighted by molar-refractivity contribution is 0.586. The summed E-state index contributed by atoms with van der Waals surface area (Å²) >= 11 is 0. The Morgan fingerprint density at radius 2 is 1.54 bits per heavy atom. The molecule has 0 fully saturated rings. The molecule has 0 saturated carbocycles. The Bertz CT molecular complexity index is 2040. The lowest BCUT2D eigenvalue weighted by Crippen LogP contribution is -2.18. The third kappa shape index (κ3) is 3.59. The topological polar surface area (TPSA) is 43.9 Å². The Morgan fingerprint density at radius 1 is 0.795 bits per heavy atom. The molecule has 192 valence electrons. The van der Waals surface area contributed by atoms with Crippen LogP contribution in [-0.2, 0) is 5.41 Å². The predicted molar refractivity (Wildman–Crippen MR) is 162 cm³/mol. The number of hydrogen-bond donors (Lipinski definition) is 0. The molecule has 3 aromatic heterocycles. The molecule has 0 aliphatic rings. The number of rotatable bonds is 3. The molecular formula is C35H31N3O. The lowest BCUT2D eigenvalue weighted by atomic mass is 9.80. The first-order valence-electron chi connectivity index (χ1n) is 13.6. The Balaban J connectivity index is 1.68. The van der Waals surface area contributed by atoms with Crippen LogP contribution in [0.3, 0.4) is 0 Å². The van der Waals surface area contributed by atoms with Gasteiger partial charge in [0.1, 0.15) is 11.4 Å². The van der Waals surface area contributed by atoms with Crippen LogP contribution in [0.25, 0.3) is 61.0 Å². The van der Waals surface area contributed by atoms with Gasteiger partial charge in [-0.25, -0.2) is 9.97 Å². The molecule has 4 aromatic carbocycles. The maximum Gasteiger partial charge on any atom is 0.227 e. The molecule has 0 saturated heterocycles. The number of furan rings is 1. The Kier molecular flexibility index (Phi) is 5.18. The van der Waals surface area contributed by atoms with Crippen molar-refractivity contribution in [3.8, 4) is 17.1 Å². The zero-order valence-electron chi connectivity index (χ0n) is 23.0. The van der Waals surface area contributed by atoms with E-state index in [0.717, 1.165) is 38.8 Å². The Hall–Kier alpha value is -4.44. The van der Waals surface area contributed by atoms with Crippen LogP contribution in [0.15, 0.2) is 95.5 Å². The van der Waals surface area contributed by atoms with Crippen molar-refractivity contribution in [3.63, 3.8) is 0 Å². The van der Waals surface area contributed by atoms with Crippen molar-refractivity contribution >= 4 is 43.9 Å². The van der Waals surface area contributed by atoms with Crippen LogP contribution in [0.5, 0.6) is 0 Å². The number of nitrogens with zero attached hydrogens (tertiary/aromatic N) is 3. The zero-order valence-corrected chi connectivity index (χ0v) is 23.0. The number of aromatic nitrogens is 3. The van der Waals surface area contributed by atoms with Gasteiger partial charge in [-0.05, 0) is 69.6 Å². The first-order chi connectivity index (χ1) is 18.8. The summed E-state index contributed by atoms with van der Waals surface area (Å²) in [6, 6.07) is 29.9. The van der Waals surface area contributed by atoms with Gasteiger partial charge in [0.25, 0.3) is 0 Å². The fourth-order valence-corrected chi connectivity index (χ4v) is 6.00. The highest BCUT2D eigenvalue weighted by atomic mass is 16.3. The van der Waals surface area contributed by atoms with Gasteiger partial charge in [-0.1, -0.05) is 83.1 Å². The Labute approximate surface area is 227 Å². The second-order valence-electron chi connectivity index (χ2n) is 11.7. The van der Waals surface area contributed by atoms with E-state index in [2.05, 4.69) is 123 Å². The highest BCUT2D eigenvalue weighted by Gasteiger charge is 2.29. The van der Waals surface area contributed by atoms with E-state index in [-0.39, 0.29) is 5.41 Å². The summed E-state index contributed by atoms with van der Waals surface area (Å²) in [5, 5.41) is 4.62. The third-order valence-corrected chi connectivity index (χ3v) is 7.75. The first-order valence-corrected chi connectivity index (χ1v) is 13.6. The molecule has 39 heavy (non-hydrogen) atoms. The van der Waals surface area contributed by atoms with Crippen LogP contribution in [0.2, 0.25) is 0 Å². The van der Waals surface area contributed by atoms with Gasteiger partial charge in [0.05, 0.1) is 22.3 Å². The van der Waals surface area contributed by atoms with Gasteiger partial charge in [-0.3, -0.25) is 4.57 Å². The highest BCUT2D eigenvalue weighted by molar-refractivity contribution is 6.08. The van der Waals surface area contributed by atoms with E-state index in [9.17, 15) is 0 Å². The standard InChI is InChI=1S/C35H31N3O/c1-21(2)30-23-13-7-6-12-22(23)20-27(35(3,4)5)31(30)38-29-18-9-8-17-28(29)37-33(38)26-15-10-14-24-25-16-11-19-36-34(25)39-32(24)26/h6-21H,1-5H3. The van der Waals surface area contributed by atoms with E-state index in [1.54, 1.807) is 6.20 Å². The SMILES string of the molecule is CC(C)c1c(-n2c(-c3cccc4c3oc3ncccc34)nc3ccccc32)c(C(C)(C)C)cc2ccccc12. The van der Waals surface area contributed by atoms with Crippen molar-refractivity contribution < 1.29 is 4.42 Å². The number of pyridine rings is 1. The van der Waals surface area contributed by atoms with E-state index in [0.29, 0.717) is 11.6 Å². The van der Waals surface area contributed by atoms with Gasteiger partial charge in [0.15, 0.2) is 0 Å². The molecule has 0 aliphatic heterocycles. The summed E-state index contributed by atoms with van der Waals surface area (Å²) in [7, 11) is 0. The first kappa shape index (κ1) is 23.7. The minimum absolute atomic E-state index is 0.0963. The van der Waals surface area contributed by atoms with E-state index >= 15 is 0 Å². The highest BCUT2D eigenvalue weighted by Crippen LogP contribution is 2.44. The molecular weight excluding hydrogens is 478 g/mol. The fourth-order valence-electron chi connectivity index (χ4n) is 6.00. The van der Waals surface area contributed by atoms with Crippen molar-refractivity contribution in [2.45, 2.75) is 46.0 Å². The minimum atomic E-state index is -0.0963. The van der Waals surface area contributed by atoms with Crippen molar-refractivity contribution in [3.05, 3.63) is 102 Å². The lowest BCUT2D eigenvalue weighted by Gasteiger charge is -2.29. The predicted octanol–water partition coefficient (Wildman–Crippen LogP) is 9.56. The second-order valence-corrected chi connectivity index (χ2v) is 11.7. The summed E-state index contributed by atoms with van der Waals surface area (Å²) in [5.74, 6) is 1.18. The molecule has 0 spiro atoms. The maximum atomic E-state index is 6.41. The summed E-state index contributed by atoms with van der Waals surface area (Å²) in [5.41, 5.74) is 8.21. The second kappa shape index (κ2) is 8.54. The summed E-state index contributed by atoms with van der Waals surface area (Å²) < 4.78 is 8.79. The summed E-state index contributed by atoms with van der Waals surface area (Å²) in [6.45, 7) is 11.5. The maximum absolute atomic E-state index is 6.41. The van der Waals surface area contributed by atoms with Crippen LogP contribution in [0.1, 0.15) is 51.7 Å². The van der Waals surface area contributed by atoms with Gasteiger partial charge in [-0.2, -0.15) is 0 Å². The molecule has 0 bridgehead atoms. The molecule has 0 atom stereocenters. The molecule has 0 radical (unpaired) electrons. The van der Waals surface area contributed by atoms with E-state index < -0.39 is 0 Å². The third-order valence-electron chi connectivity index (χ3n) is 7.75. The molecule has 0 amide bonds. The number of imidazole rings is 1. The number of fused-ring (bicyclic) bond motifs is 5. The van der Waals surface area contributed by atoms with Crippen molar-refractivity contribution in [1.82, 2.24) is 14.5 Å². The average Bonchev–Trinajstić information content (AvgIpc) is 3.50. The van der Waals surface area contributed by atoms with Gasteiger partial charge < -0.3 is 4.42 Å². The van der Waals surface area contributed by atoms with Gasteiger partial charge in [0, 0.05) is 17.0 Å². The van der Waals surface area contributed by atoms with Crippen LogP contribution in [0, 0.1) is 0 Å². The summed E-state index contributed by atoms with van der Waals surface area (Å²) in [6.07, 6.45) is 1.78. The van der Waals surface area contributed by atoms with E-state index in [4.69, 9.17) is 9.40 Å². The molecule has 0 unspecified atom stereocenters. The van der Waals surface area contributed by atoms with Crippen molar-refractivity contribution in [1.29, 1.82) is 0 Å². The van der Waals surface area contributed by atoms with Crippen molar-refractivity contribution in [2.75, 3.05) is 0 Å². The quantitative estimate of drug-likeness (QED) is 0.238. The number of benzene rings is 4. The van der Waals surface area contributed by atoms with Crippen LogP contribution >= 0.6 is 0 Å². The largest absolute Gasteiger partial charge is 0.437 e. The molecule has 4 nitrogen and oxygen atoms in total. The molecule has 3 heterocycles. The van der Waals surface area contributed by atoms with Crippen molar-refractivity contribution in [2.24, 2.45) is 0 Å². The van der Waals surface area contributed by atoms with E-state index in [1.807, 2.05) is 6.07 Å². The van der Waals surface area contributed by atoms with E-state index in [1.165, 1.54) is 27.6 Å². The monoisotopic (exact) mass is 509 g/mol. The van der Waals surface area contributed by atoms with Crippen LogP contribution in [-0.4, -0.2) is 14.5 Å². The van der Waals surface area contributed by atoms with Crippen LogP contribution in [0.4, 0.5) is 0 Å². The number of para-hydroxylation sites is 3. The molecule has 0 N–H and O–H groups in total. The van der Waals surface area contributed by atoms with Gasteiger partial charge >= 0.3 is 0 Å². The average molecular weight is 510 g/mol. The molecule has 7 aromatic rings. The molecule has 0 aliphatic carbocycles. The normalized spacial score (nSPS) is 12.5. The molecule has 4 heteroatoms. The van der Waals surface area contributed by atoms with Crippen LogP contribution < -0.4 is 0 Å². The zero-order chi connectivity index (χ0) is 26.9. The number of hydrogen-bond acceptors (Lipinski definition) is 3. The van der Waals surface area contributed by atoms with Gasteiger partial charge in [0.2, 0.25) is 5.71 Å². The minimum Gasteiger partial charge on any atom is -0.437 e.